The van der Waals surface area contributed by atoms with E-state index in [9.17, 15) is 0 Å². The fourth-order valence-electron chi connectivity index (χ4n) is 1.58. The van der Waals surface area contributed by atoms with Crippen molar-refractivity contribution in [1.82, 2.24) is 4.90 Å². The lowest BCUT2D eigenvalue weighted by Gasteiger charge is -2.23. The average molecular weight is 226 g/mol. The second kappa shape index (κ2) is 6.13. The molecular formula is C12H22N2S. The summed E-state index contributed by atoms with van der Waals surface area (Å²) in [6.07, 6.45) is 3.67. The van der Waals surface area contributed by atoms with E-state index in [0.717, 1.165) is 11.4 Å². The summed E-state index contributed by atoms with van der Waals surface area (Å²) in [6.45, 7) is 5.71. The molecule has 2 nitrogen and oxygen atoms in total. The van der Waals surface area contributed by atoms with E-state index in [-0.39, 0.29) is 0 Å². The number of anilines is 1. The summed E-state index contributed by atoms with van der Waals surface area (Å²) in [5, 5.41) is 0.924. The van der Waals surface area contributed by atoms with Gasteiger partial charge in [0.1, 0.15) is 0 Å². The van der Waals surface area contributed by atoms with Crippen LogP contribution in [0.25, 0.3) is 0 Å². The zero-order valence-corrected chi connectivity index (χ0v) is 10.8. The lowest BCUT2D eigenvalue weighted by Crippen LogP contribution is -2.31. The molecule has 3 heteroatoms. The first-order valence-electron chi connectivity index (χ1n) is 5.68. The van der Waals surface area contributed by atoms with Crippen molar-refractivity contribution < 1.29 is 0 Å². The van der Waals surface area contributed by atoms with Crippen molar-refractivity contribution in [2.45, 2.75) is 39.2 Å². The first kappa shape index (κ1) is 12.5. The fourth-order valence-corrected chi connectivity index (χ4v) is 2.48. The van der Waals surface area contributed by atoms with E-state index < -0.39 is 0 Å². The van der Waals surface area contributed by atoms with Gasteiger partial charge in [0, 0.05) is 10.9 Å². The molecule has 2 N–H and O–H groups in total. The molecule has 1 aromatic heterocycles. The smallest absolute Gasteiger partial charge is 0.0859 e. The van der Waals surface area contributed by atoms with Crippen LogP contribution in [0.5, 0.6) is 0 Å². The minimum Gasteiger partial charge on any atom is -0.391 e. The van der Waals surface area contributed by atoms with Gasteiger partial charge in [-0.25, -0.2) is 0 Å². The van der Waals surface area contributed by atoms with Crippen LogP contribution in [0.3, 0.4) is 0 Å². The van der Waals surface area contributed by atoms with Crippen LogP contribution < -0.4 is 5.73 Å². The monoisotopic (exact) mass is 226 g/mol. The molecule has 1 aromatic rings. The van der Waals surface area contributed by atoms with E-state index in [0.29, 0.717) is 6.04 Å². The van der Waals surface area contributed by atoms with Crippen molar-refractivity contribution in [2.75, 3.05) is 19.3 Å². The molecule has 0 aromatic carbocycles. The van der Waals surface area contributed by atoms with Crippen LogP contribution >= 0.6 is 11.3 Å². The normalized spacial score (nSPS) is 13.3. The largest absolute Gasteiger partial charge is 0.391 e. The van der Waals surface area contributed by atoms with Gasteiger partial charge in [-0.1, -0.05) is 13.3 Å². The molecule has 0 saturated carbocycles. The molecule has 86 valence electrons. The van der Waals surface area contributed by atoms with E-state index >= 15 is 0 Å². The maximum absolute atomic E-state index is 5.72. The van der Waals surface area contributed by atoms with Crippen LogP contribution in [0, 0.1) is 0 Å². The van der Waals surface area contributed by atoms with Crippen molar-refractivity contribution in [3.05, 3.63) is 17.0 Å². The van der Waals surface area contributed by atoms with Gasteiger partial charge in [0.25, 0.3) is 0 Å². The van der Waals surface area contributed by atoms with Crippen molar-refractivity contribution in [1.29, 1.82) is 0 Å². The van der Waals surface area contributed by atoms with Crippen molar-refractivity contribution in [3.8, 4) is 0 Å². The third-order valence-corrected chi connectivity index (χ3v) is 3.73. The summed E-state index contributed by atoms with van der Waals surface area (Å²) in [4.78, 5) is 3.82. The Morgan fingerprint density at radius 2 is 2.20 bits per heavy atom. The zero-order chi connectivity index (χ0) is 11.3. The minimum absolute atomic E-state index is 0.606. The summed E-state index contributed by atoms with van der Waals surface area (Å²) < 4.78 is 0. The topological polar surface area (TPSA) is 29.3 Å². The molecule has 1 unspecified atom stereocenters. The molecule has 0 aliphatic carbocycles. The maximum Gasteiger partial charge on any atom is 0.0859 e. The number of thiophene rings is 1. The number of hydrogen-bond acceptors (Lipinski definition) is 3. The summed E-state index contributed by atoms with van der Waals surface area (Å²) in [6, 6.07) is 4.75. The van der Waals surface area contributed by atoms with Crippen LogP contribution in [0.15, 0.2) is 12.1 Å². The van der Waals surface area contributed by atoms with Gasteiger partial charge in [-0.05, 0) is 45.5 Å². The maximum atomic E-state index is 5.72. The van der Waals surface area contributed by atoms with Crippen LogP contribution in [-0.2, 0) is 6.42 Å². The highest BCUT2D eigenvalue weighted by molar-refractivity contribution is 7.15. The van der Waals surface area contributed by atoms with Crippen LogP contribution in [0.1, 0.15) is 31.6 Å². The Labute approximate surface area is 97.1 Å². The van der Waals surface area contributed by atoms with Crippen molar-refractivity contribution >= 4 is 16.3 Å². The molecule has 0 radical (unpaired) electrons. The summed E-state index contributed by atoms with van der Waals surface area (Å²) in [7, 11) is 2.21. The number of hydrogen-bond donors (Lipinski definition) is 1. The minimum atomic E-state index is 0.606. The Kier molecular flexibility index (Phi) is 5.12. The van der Waals surface area contributed by atoms with Crippen LogP contribution in [0.2, 0.25) is 0 Å². The average Bonchev–Trinajstić information content (AvgIpc) is 2.60. The third kappa shape index (κ3) is 4.22. The van der Waals surface area contributed by atoms with E-state index in [4.69, 9.17) is 5.73 Å². The zero-order valence-electron chi connectivity index (χ0n) is 9.99. The van der Waals surface area contributed by atoms with E-state index in [2.05, 4.69) is 31.9 Å². The summed E-state index contributed by atoms with van der Waals surface area (Å²) in [5.74, 6) is 0. The first-order valence-corrected chi connectivity index (χ1v) is 6.49. The Bertz CT molecular complexity index is 283. The third-order valence-electron chi connectivity index (χ3n) is 2.80. The first-order chi connectivity index (χ1) is 7.13. The van der Waals surface area contributed by atoms with E-state index in [1.54, 1.807) is 11.3 Å². The number of likely N-dealkylation sites (N-methyl/N-ethyl adjacent to an activating group) is 1. The number of unbranched alkanes of at least 4 members (excludes halogenated alkanes) is 1. The van der Waals surface area contributed by atoms with Gasteiger partial charge in [-0.3, -0.25) is 0 Å². The molecule has 0 fully saturated rings. The molecule has 0 aliphatic heterocycles. The molecule has 0 aliphatic rings. The van der Waals surface area contributed by atoms with Crippen molar-refractivity contribution in [2.24, 2.45) is 0 Å². The predicted octanol–water partition coefficient (Wildman–Crippen LogP) is 2.99. The Balaban J connectivity index is 2.37. The number of nitrogens with two attached hydrogens (primary N) is 1. The molecule has 0 bridgehead atoms. The highest BCUT2D eigenvalue weighted by atomic mass is 32.1. The molecule has 0 spiro atoms. The highest BCUT2D eigenvalue weighted by Gasteiger charge is 2.10. The Morgan fingerprint density at radius 3 is 2.73 bits per heavy atom. The standard InChI is InChI=1S/C12H22N2S/c1-4-5-8-14(3)10(2)9-11-6-7-12(13)15-11/h6-7,10H,4-5,8-9,13H2,1-3H3. The van der Waals surface area contributed by atoms with E-state index in [1.807, 2.05) is 6.07 Å². The van der Waals surface area contributed by atoms with Gasteiger partial charge >= 0.3 is 0 Å². The van der Waals surface area contributed by atoms with Crippen LogP contribution in [0.4, 0.5) is 5.00 Å². The molecular weight excluding hydrogens is 204 g/mol. The number of nitrogen functional groups attached to an aromatic ring is 1. The Hall–Kier alpha value is -0.540. The second-order valence-electron chi connectivity index (χ2n) is 4.19. The Morgan fingerprint density at radius 1 is 1.47 bits per heavy atom. The van der Waals surface area contributed by atoms with Gasteiger partial charge in [0.05, 0.1) is 5.00 Å². The van der Waals surface area contributed by atoms with Gasteiger partial charge in [-0.2, -0.15) is 0 Å². The summed E-state index contributed by atoms with van der Waals surface area (Å²) >= 11 is 1.71. The highest BCUT2D eigenvalue weighted by Crippen LogP contribution is 2.20. The van der Waals surface area contributed by atoms with Crippen molar-refractivity contribution in [3.63, 3.8) is 0 Å². The number of rotatable bonds is 6. The summed E-state index contributed by atoms with van der Waals surface area (Å²) in [5.41, 5.74) is 5.72. The number of nitrogens with zero attached hydrogens (tertiary/aromatic N) is 1. The van der Waals surface area contributed by atoms with Crippen LogP contribution in [-0.4, -0.2) is 24.5 Å². The molecule has 0 saturated heterocycles. The molecule has 15 heavy (non-hydrogen) atoms. The van der Waals surface area contributed by atoms with Gasteiger partial charge < -0.3 is 10.6 Å². The lowest BCUT2D eigenvalue weighted by atomic mass is 10.2. The molecule has 1 atom stereocenters. The van der Waals surface area contributed by atoms with Gasteiger partial charge in [0.2, 0.25) is 0 Å². The second-order valence-corrected chi connectivity index (χ2v) is 5.39. The van der Waals surface area contributed by atoms with Gasteiger partial charge in [-0.15, -0.1) is 11.3 Å². The predicted molar refractivity (Wildman–Crippen MR) is 69.4 cm³/mol. The van der Waals surface area contributed by atoms with Gasteiger partial charge in [0.15, 0.2) is 0 Å². The molecule has 1 rings (SSSR count). The lowest BCUT2D eigenvalue weighted by molar-refractivity contribution is 0.253. The molecule has 0 amide bonds. The fraction of sp³-hybridized carbons (Fsp3) is 0.667. The van der Waals surface area contributed by atoms with E-state index in [1.165, 1.54) is 24.3 Å². The molecule has 1 heterocycles. The SMILES string of the molecule is CCCCN(C)C(C)Cc1ccc(N)s1. The quantitative estimate of drug-likeness (QED) is 0.808.